The Morgan fingerprint density at radius 2 is 1.82 bits per heavy atom. The number of carbonyl (C=O) groups excluding carboxylic acids is 1. The topological polar surface area (TPSA) is 60.9 Å². The molecule has 3 aliphatic rings. The lowest BCUT2D eigenvalue weighted by Crippen LogP contribution is -2.38. The lowest BCUT2D eigenvalue weighted by molar-refractivity contribution is -0.122. The van der Waals surface area contributed by atoms with Crippen molar-refractivity contribution in [3.63, 3.8) is 0 Å². The van der Waals surface area contributed by atoms with Crippen molar-refractivity contribution in [2.24, 2.45) is 17.8 Å². The smallest absolute Gasteiger partial charge is 0.290 e. The van der Waals surface area contributed by atoms with Crippen molar-refractivity contribution in [2.75, 3.05) is 26.2 Å². The molecule has 1 saturated carbocycles. The van der Waals surface area contributed by atoms with Crippen LogP contribution in [0, 0.1) is 37.4 Å². The molecule has 33 heavy (non-hydrogen) atoms. The largest absolute Gasteiger partial charge is 0.483 e. The highest BCUT2D eigenvalue weighted by atomic mass is 19.1. The van der Waals surface area contributed by atoms with Gasteiger partial charge in [-0.3, -0.25) is 9.59 Å². The molecule has 6 heteroatoms. The molecule has 2 aromatic carbocycles. The lowest BCUT2D eigenvalue weighted by Gasteiger charge is -2.33. The van der Waals surface area contributed by atoms with Gasteiger partial charge < -0.3 is 14.9 Å². The van der Waals surface area contributed by atoms with Gasteiger partial charge in [-0.2, -0.15) is 0 Å². The van der Waals surface area contributed by atoms with E-state index in [0.29, 0.717) is 23.0 Å². The molecule has 5 rings (SSSR count). The van der Waals surface area contributed by atoms with E-state index in [1.807, 2.05) is 0 Å². The summed E-state index contributed by atoms with van der Waals surface area (Å²) in [6, 6.07) is 13.3. The minimum atomic E-state index is -0.257. The summed E-state index contributed by atoms with van der Waals surface area (Å²) in [5.74, 6) is 1.63. The summed E-state index contributed by atoms with van der Waals surface area (Å²) in [6.45, 7) is 7.80. The van der Waals surface area contributed by atoms with Crippen molar-refractivity contribution in [3.05, 3.63) is 70.5 Å². The van der Waals surface area contributed by atoms with Crippen LogP contribution in [0.3, 0.4) is 0 Å². The number of aryl methyl sites for hydroxylation is 2. The van der Waals surface area contributed by atoms with Gasteiger partial charge in [-0.25, -0.2) is 4.39 Å². The molecule has 176 valence electrons. The van der Waals surface area contributed by atoms with E-state index < -0.39 is 0 Å². The second-order valence-electron chi connectivity index (χ2n) is 9.77. The molecule has 1 amide bonds. The number of benzene rings is 2. The minimum absolute atomic E-state index is 0.0336. The quantitative estimate of drug-likeness (QED) is 0.684. The third-order valence-corrected chi connectivity index (χ3v) is 7.65. The Hall–Kier alpha value is -2.73. The van der Waals surface area contributed by atoms with Gasteiger partial charge >= 0.3 is 0 Å². The van der Waals surface area contributed by atoms with Crippen LogP contribution in [-0.4, -0.2) is 53.5 Å². The first kappa shape index (κ1) is 23.4. The zero-order chi connectivity index (χ0) is 23.5. The fourth-order valence-electron chi connectivity index (χ4n) is 5.80. The number of likely N-dealkylation sites (tertiary alicyclic amines) is 2. The number of carbonyl (C=O) groups is 2. The van der Waals surface area contributed by atoms with Crippen LogP contribution in [0.2, 0.25) is 0 Å². The Morgan fingerprint density at radius 1 is 1.09 bits per heavy atom. The zero-order valence-electron chi connectivity index (χ0n) is 19.4. The highest BCUT2D eigenvalue weighted by Gasteiger charge is 2.49. The Morgan fingerprint density at radius 3 is 2.45 bits per heavy atom. The number of nitrogens with zero attached hydrogens (tertiary/aromatic N) is 2. The average Bonchev–Trinajstić information content (AvgIpc) is 3.31. The molecule has 0 aromatic heterocycles. The van der Waals surface area contributed by atoms with Gasteiger partial charge in [0.15, 0.2) is 0 Å². The summed E-state index contributed by atoms with van der Waals surface area (Å²) in [5, 5.41) is 6.89. The van der Waals surface area contributed by atoms with Gasteiger partial charge in [0.25, 0.3) is 12.4 Å². The summed E-state index contributed by atoms with van der Waals surface area (Å²) in [7, 11) is 0. The second-order valence-corrected chi connectivity index (χ2v) is 9.77. The van der Waals surface area contributed by atoms with Gasteiger partial charge in [0.2, 0.25) is 0 Å². The summed E-state index contributed by atoms with van der Waals surface area (Å²) in [4.78, 5) is 26.6. The van der Waals surface area contributed by atoms with E-state index in [1.165, 1.54) is 43.0 Å². The molecule has 3 fully saturated rings. The maximum absolute atomic E-state index is 13.8. The molecule has 0 bridgehead atoms. The molecule has 2 aromatic rings. The molecular weight excluding hydrogens is 419 g/mol. The van der Waals surface area contributed by atoms with Crippen LogP contribution in [0.25, 0.3) is 0 Å². The standard InChI is InChI=1S/C26H31FN2O.CH2O2/c1-17-6-3-4-9-22(17)25-23-16-28(13-19-7-5-8-19)14-21(23)15-29(25)26(30)20-10-11-24(27)18(2)12-20;2-1-3/h3-4,6,9-12,19,21,23,25H,5,7-8,13-16H2,1-2H3;1H,(H,2,3)/t21-,23-,25+;/m0./s1. The van der Waals surface area contributed by atoms with Crippen molar-refractivity contribution >= 4 is 12.4 Å². The molecule has 5 nitrogen and oxygen atoms in total. The number of fused-ring (bicyclic) bond motifs is 1. The number of hydrogen-bond acceptors (Lipinski definition) is 3. The Balaban J connectivity index is 0.000000821. The van der Waals surface area contributed by atoms with E-state index in [2.05, 4.69) is 41.0 Å². The average molecular weight is 453 g/mol. The van der Waals surface area contributed by atoms with E-state index in [4.69, 9.17) is 9.90 Å². The Kier molecular flexibility index (Phi) is 7.13. The van der Waals surface area contributed by atoms with Gasteiger partial charge in [0, 0.05) is 37.7 Å². The summed E-state index contributed by atoms with van der Waals surface area (Å²) in [5.41, 5.74) is 3.63. The van der Waals surface area contributed by atoms with Crippen molar-refractivity contribution < 1.29 is 19.1 Å². The molecule has 3 atom stereocenters. The highest BCUT2D eigenvalue weighted by Crippen LogP contribution is 2.47. The van der Waals surface area contributed by atoms with Crippen molar-refractivity contribution in [2.45, 2.75) is 39.2 Å². The van der Waals surface area contributed by atoms with Crippen LogP contribution in [0.5, 0.6) is 0 Å². The molecule has 2 aliphatic heterocycles. The van der Waals surface area contributed by atoms with Crippen molar-refractivity contribution in [1.82, 2.24) is 9.80 Å². The van der Waals surface area contributed by atoms with Crippen molar-refractivity contribution in [3.8, 4) is 0 Å². The number of amides is 1. The maximum Gasteiger partial charge on any atom is 0.290 e. The van der Waals surface area contributed by atoms with E-state index in [1.54, 1.807) is 19.1 Å². The van der Waals surface area contributed by atoms with Crippen LogP contribution < -0.4 is 0 Å². The predicted octanol–water partition coefficient (Wildman–Crippen LogP) is 4.69. The second kappa shape index (κ2) is 10.0. The van der Waals surface area contributed by atoms with Gasteiger partial charge in [-0.15, -0.1) is 0 Å². The summed E-state index contributed by atoms with van der Waals surface area (Å²) >= 11 is 0. The maximum atomic E-state index is 13.8. The van der Waals surface area contributed by atoms with Gasteiger partial charge in [-0.1, -0.05) is 30.7 Å². The third-order valence-electron chi connectivity index (χ3n) is 7.65. The molecule has 2 saturated heterocycles. The van der Waals surface area contributed by atoms with Gasteiger partial charge in [-0.05, 0) is 73.4 Å². The predicted molar refractivity (Wildman–Crippen MR) is 126 cm³/mol. The lowest BCUT2D eigenvalue weighted by atomic mass is 9.85. The highest BCUT2D eigenvalue weighted by molar-refractivity contribution is 5.95. The summed E-state index contributed by atoms with van der Waals surface area (Å²) < 4.78 is 13.8. The van der Waals surface area contributed by atoms with Crippen LogP contribution in [0.1, 0.15) is 52.4 Å². The van der Waals surface area contributed by atoms with E-state index in [-0.39, 0.29) is 24.2 Å². The molecule has 0 unspecified atom stereocenters. The number of carboxylic acid groups (broad SMARTS) is 1. The van der Waals surface area contributed by atoms with Gasteiger partial charge in [0.05, 0.1) is 6.04 Å². The molecule has 1 N–H and O–H groups in total. The molecule has 1 aliphatic carbocycles. The molecule has 0 spiro atoms. The monoisotopic (exact) mass is 452 g/mol. The number of hydrogen-bond donors (Lipinski definition) is 1. The molecule has 0 radical (unpaired) electrons. The van der Waals surface area contributed by atoms with Crippen LogP contribution in [-0.2, 0) is 4.79 Å². The third kappa shape index (κ3) is 4.81. The molecular formula is C27H33FN2O3. The van der Waals surface area contributed by atoms with E-state index >= 15 is 0 Å². The normalized spacial score (nSPS) is 24.6. The van der Waals surface area contributed by atoms with Crippen molar-refractivity contribution in [1.29, 1.82) is 0 Å². The SMILES string of the molecule is Cc1cc(C(=O)N2C[C@@H]3CN(CC4CCC4)C[C@@H]3[C@H]2c2ccccc2C)ccc1F.O=CO. The zero-order valence-corrected chi connectivity index (χ0v) is 19.4. The Bertz CT molecular complexity index is 1010. The number of halogens is 1. The van der Waals surface area contributed by atoms with E-state index in [9.17, 15) is 9.18 Å². The van der Waals surface area contributed by atoms with Crippen LogP contribution >= 0.6 is 0 Å². The van der Waals surface area contributed by atoms with E-state index in [0.717, 1.165) is 25.6 Å². The van der Waals surface area contributed by atoms with Gasteiger partial charge in [0.1, 0.15) is 5.82 Å². The first-order valence-electron chi connectivity index (χ1n) is 11.9. The fourth-order valence-corrected chi connectivity index (χ4v) is 5.80. The van der Waals surface area contributed by atoms with Crippen LogP contribution in [0.4, 0.5) is 4.39 Å². The minimum Gasteiger partial charge on any atom is -0.483 e. The fraction of sp³-hybridized carbons (Fsp3) is 0.481. The molecule has 2 heterocycles. The first-order valence-corrected chi connectivity index (χ1v) is 11.9. The van der Waals surface area contributed by atoms with Crippen LogP contribution in [0.15, 0.2) is 42.5 Å². The summed E-state index contributed by atoms with van der Waals surface area (Å²) in [6.07, 6.45) is 4.14. The number of rotatable bonds is 4. The Labute approximate surface area is 195 Å². The first-order chi connectivity index (χ1) is 15.9.